The molecule has 2 aliphatic heterocycles. The zero-order valence-electron chi connectivity index (χ0n) is 11.1. The fourth-order valence-corrected chi connectivity index (χ4v) is 3.51. The molecule has 2 saturated heterocycles. The van der Waals surface area contributed by atoms with Gasteiger partial charge in [-0.25, -0.2) is 0 Å². The van der Waals surface area contributed by atoms with Crippen molar-refractivity contribution in [2.75, 3.05) is 19.6 Å². The largest absolute Gasteiger partial charge is 0.444 e. The van der Waals surface area contributed by atoms with Crippen LogP contribution in [0.1, 0.15) is 36.7 Å². The Morgan fingerprint density at radius 1 is 1.37 bits per heavy atom. The zero-order chi connectivity index (χ0) is 13.4. The van der Waals surface area contributed by atoms with E-state index in [9.17, 15) is 4.79 Å². The number of halogens is 1. The second kappa shape index (κ2) is 5.29. The number of hydrogen-bond acceptors (Lipinski definition) is 3. The highest BCUT2D eigenvalue weighted by Crippen LogP contribution is 2.26. The molecule has 3 heterocycles. The van der Waals surface area contributed by atoms with Crippen molar-refractivity contribution in [3.05, 3.63) is 22.6 Å². The van der Waals surface area contributed by atoms with Crippen LogP contribution in [0.2, 0.25) is 0 Å². The number of carbonyl (C=O) groups excluding carboxylic acids is 1. The number of amides is 1. The lowest BCUT2D eigenvalue weighted by Crippen LogP contribution is -2.60. The van der Waals surface area contributed by atoms with Crippen LogP contribution in [0.15, 0.2) is 21.2 Å². The predicted molar refractivity (Wildman–Crippen MR) is 76.1 cm³/mol. The monoisotopic (exact) mass is 326 g/mol. The average Bonchev–Trinajstić information content (AvgIpc) is 2.84. The summed E-state index contributed by atoms with van der Waals surface area (Å²) in [5.41, 5.74) is 0. The molecule has 0 saturated carbocycles. The van der Waals surface area contributed by atoms with Crippen LogP contribution in [0.5, 0.6) is 0 Å². The van der Waals surface area contributed by atoms with Gasteiger partial charge in [-0.15, -0.1) is 0 Å². The highest BCUT2D eigenvalue weighted by Gasteiger charge is 2.36. The number of piperazine rings is 1. The minimum absolute atomic E-state index is 0.0171. The number of nitrogens with zero attached hydrogens (tertiary/aromatic N) is 2. The van der Waals surface area contributed by atoms with Crippen LogP contribution in [0.25, 0.3) is 0 Å². The van der Waals surface area contributed by atoms with Crippen molar-refractivity contribution in [1.82, 2.24) is 9.80 Å². The van der Waals surface area contributed by atoms with E-state index in [1.807, 2.05) is 4.90 Å². The molecule has 0 bridgehead atoms. The van der Waals surface area contributed by atoms with Crippen molar-refractivity contribution in [3.63, 3.8) is 0 Å². The van der Waals surface area contributed by atoms with E-state index < -0.39 is 0 Å². The Labute approximate surface area is 121 Å². The average molecular weight is 327 g/mol. The van der Waals surface area contributed by atoms with Crippen LogP contribution in [0, 0.1) is 0 Å². The summed E-state index contributed by atoms with van der Waals surface area (Å²) < 4.78 is 6.01. The summed E-state index contributed by atoms with van der Waals surface area (Å²) in [4.78, 5) is 17.0. The molecule has 19 heavy (non-hydrogen) atoms. The van der Waals surface area contributed by atoms with Crippen LogP contribution in [-0.2, 0) is 0 Å². The molecule has 104 valence electrons. The summed E-state index contributed by atoms with van der Waals surface area (Å²) in [6.45, 7) is 5.13. The molecule has 4 nitrogen and oxygen atoms in total. The third-order valence-corrected chi connectivity index (χ3v) is 4.66. The van der Waals surface area contributed by atoms with Crippen molar-refractivity contribution in [2.24, 2.45) is 0 Å². The second-order valence-electron chi connectivity index (χ2n) is 5.55. The Morgan fingerprint density at radius 2 is 2.21 bits per heavy atom. The Morgan fingerprint density at radius 3 is 2.95 bits per heavy atom. The molecule has 2 aliphatic rings. The van der Waals surface area contributed by atoms with Gasteiger partial charge in [0.25, 0.3) is 5.91 Å². The fourth-order valence-electron chi connectivity index (χ4n) is 3.21. The van der Waals surface area contributed by atoms with Crippen molar-refractivity contribution in [1.29, 1.82) is 0 Å². The van der Waals surface area contributed by atoms with Gasteiger partial charge in [-0.2, -0.15) is 0 Å². The Kier molecular flexibility index (Phi) is 3.67. The molecule has 0 spiro atoms. The van der Waals surface area contributed by atoms with Gasteiger partial charge in [0.1, 0.15) is 0 Å². The van der Waals surface area contributed by atoms with E-state index in [0.717, 1.165) is 13.1 Å². The molecule has 2 fully saturated rings. The number of fused-ring (bicyclic) bond motifs is 1. The van der Waals surface area contributed by atoms with Crippen LogP contribution in [0.3, 0.4) is 0 Å². The topological polar surface area (TPSA) is 36.7 Å². The van der Waals surface area contributed by atoms with E-state index in [2.05, 4.69) is 27.8 Å². The maximum absolute atomic E-state index is 12.5. The molecule has 0 aromatic carbocycles. The summed E-state index contributed by atoms with van der Waals surface area (Å²) in [7, 11) is 0. The maximum Gasteiger partial charge on any atom is 0.289 e. The zero-order valence-corrected chi connectivity index (χ0v) is 12.7. The minimum Gasteiger partial charge on any atom is -0.444 e. The molecule has 1 aromatic heterocycles. The highest BCUT2D eigenvalue weighted by atomic mass is 79.9. The maximum atomic E-state index is 12.5. The van der Waals surface area contributed by atoms with Crippen molar-refractivity contribution in [3.8, 4) is 0 Å². The van der Waals surface area contributed by atoms with E-state index in [0.29, 0.717) is 16.5 Å². The summed E-state index contributed by atoms with van der Waals surface area (Å²) in [6.07, 6.45) is 3.78. The van der Waals surface area contributed by atoms with Crippen molar-refractivity contribution in [2.45, 2.75) is 38.3 Å². The van der Waals surface area contributed by atoms with E-state index in [-0.39, 0.29) is 11.9 Å². The lowest BCUT2D eigenvalue weighted by molar-refractivity contribution is 0.0132. The number of furan rings is 1. The summed E-state index contributed by atoms with van der Waals surface area (Å²) in [5, 5.41) is 0. The first kappa shape index (κ1) is 13.2. The standard InChI is InChI=1S/C14H19BrN2O2/c1-10-8-16-7-3-2-4-11(16)9-17(10)14(18)12-5-6-13(15)19-12/h5-6,10-11H,2-4,7-9H2,1H3. The molecule has 1 amide bonds. The third-order valence-electron chi connectivity index (χ3n) is 4.23. The van der Waals surface area contributed by atoms with Gasteiger partial charge in [0.2, 0.25) is 0 Å². The lowest BCUT2D eigenvalue weighted by atomic mass is 9.97. The minimum atomic E-state index is 0.0171. The summed E-state index contributed by atoms with van der Waals surface area (Å²) in [5.74, 6) is 0.450. The highest BCUT2D eigenvalue weighted by molar-refractivity contribution is 9.10. The summed E-state index contributed by atoms with van der Waals surface area (Å²) >= 11 is 3.25. The molecule has 1 aromatic rings. The lowest BCUT2D eigenvalue weighted by Gasteiger charge is -2.47. The van der Waals surface area contributed by atoms with Gasteiger partial charge in [-0.3, -0.25) is 9.69 Å². The van der Waals surface area contributed by atoms with Gasteiger partial charge < -0.3 is 9.32 Å². The predicted octanol–water partition coefficient (Wildman–Crippen LogP) is 2.74. The molecule has 0 aliphatic carbocycles. The first-order chi connectivity index (χ1) is 9.15. The van der Waals surface area contributed by atoms with Gasteiger partial charge in [0, 0.05) is 25.2 Å². The van der Waals surface area contributed by atoms with Crippen LogP contribution in [0.4, 0.5) is 0 Å². The molecular formula is C14H19BrN2O2. The van der Waals surface area contributed by atoms with E-state index in [1.165, 1.54) is 25.8 Å². The van der Waals surface area contributed by atoms with Crippen LogP contribution in [-0.4, -0.2) is 47.4 Å². The van der Waals surface area contributed by atoms with Gasteiger partial charge in [-0.05, 0) is 54.4 Å². The molecule has 3 rings (SSSR count). The first-order valence-corrected chi connectivity index (χ1v) is 7.75. The van der Waals surface area contributed by atoms with Crippen molar-refractivity contribution < 1.29 is 9.21 Å². The molecule has 5 heteroatoms. The molecule has 0 radical (unpaired) electrons. The second-order valence-corrected chi connectivity index (χ2v) is 6.34. The van der Waals surface area contributed by atoms with Gasteiger partial charge in [0.15, 0.2) is 10.4 Å². The van der Waals surface area contributed by atoms with Crippen LogP contribution < -0.4 is 0 Å². The molecular weight excluding hydrogens is 308 g/mol. The number of carbonyl (C=O) groups is 1. The third kappa shape index (κ3) is 2.58. The number of hydrogen-bond donors (Lipinski definition) is 0. The number of rotatable bonds is 1. The fraction of sp³-hybridized carbons (Fsp3) is 0.643. The van der Waals surface area contributed by atoms with Gasteiger partial charge in [-0.1, -0.05) is 6.42 Å². The van der Waals surface area contributed by atoms with Crippen LogP contribution >= 0.6 is 15.9 Å². The molecule has 2 atom stereocenters. The molecule has 0 N–H and O–H groups in total. The normalized spacial score (nSPS) is 28.2. The van der Waals surface area contributed by atoms with E-state index in [4.69, 9.17) is 4.42 Å². The molecule has 2 unspecified atom stereocenters. The Bertz CT molecular complexity index is 474. The first-order valence-electron chi connectivity index (χ1n) is 6.95. The van der Waals surface area contributed by atoms with Crippen molar-refractivity contribution >= 4 is 21.8 Å². The van der Waals surface area contributed by atoms with Gasteiger partial charge in [0.05, 0.1) is 0 Å². The van der Waals surface area contributed by atoms with E-state index >= 15 is 0 Å². The quantitative estimate of drug-likeness (QED) is 0.796. The Balaban J connectivity index is 1.75. The number of piperidine rings is 1. The SMILES string of the molecule is CC1CN2CCCCC2CN1C(=O)c1ccc(Br)o1. The smallest absolute Gasteiger partial charge is 0.289 e. The Hall–Kier alpha value is -0.810. The van der Waals surface area contributed by atoms with Gasteiger partial charge >= 0.3 is 0 Å². The van der Waals surface area contributed by atoms with E-state index in [1.54, 1.807) is 12.1 Å². The summed E-state index contributed by atoms with van der Waals surface area (Å²) in [6, 6.07) is 4.30.